The summed E-state index contributed by atoms with van der Waals surface area (Å²) in [6.07, 6.45) is -0.610. The number of anilines is 2. The van der Waals surface area contributed by atoms with E-state index in [4.69, 9.17) is 4.74 Å². The molecule has 1 aromatic carbocycles. The monoisotopic (exact) mass is 298 g/mol. The van der Waals surface area contributed by atoms with Gasteiger partial charge in [-0.1, -0.05) is 12.6 Å². The van der Waals surface area contributed by atoms with Crippen LogP contribution < -0.4 is 10.0 Å². The molecule has 0 aliphatic heterocycles. The van der Waals surface area contributed by atoms with Crippen LogP contribution in [0.1, 0.15) is 20.8 Å². The first kappa shape index (κ1) is 16.0. The van der Waals surface area contributed by atoms with Crippen LogP contribution in [-0.2, 0) is 14.8 Å². The molecule has 0 unspecified atom stereocenters. The molecule has 0 saturated heterocycles. The van der Waals surface area contributed by atoms with E-state index < -0.39 is 21.7 Å². The van der Waals surface area contributed by atoms with Gasteiger partial charge in [-0.05, 0) is 39.0 Å². The molecule has 1 rings (SSSR count). The molecule has 1 aromatic rings. The van der Waals surface area contributed by atoms with Crippen molar-refractivity contribution in [2.75, 3.05) is 10.0 Å². The highest BCUT2D eigenvalue weighted by molar-refractivity contribution is 7.95. The molecule has 1 amide bonds. The van der Waals surface area contributed by atoms with Gasteiger partial charge in [0.1, 0.15) is 5.60 Å². The van der Waals surface area contributed by atoms with E-state index in [1.54, 1.807) is 39.0 Å². The average Bonchev–Trinajstić information content (AvgIpc) is 2.26. The molecule has 0 radical (unpaired) electrons. The Morgan fingerprint density at radius 2 is 1.90 bits per heavy atom. The van der Waals surface area contributed by atoms with Crippen LogP contribution >= 0.6 is 0 Å². The van der Waals surface area contributed by atoms with Crippen LogP contribution in [0.15, 0.2) is 36.3 Å². The number of rotatable bonds is 4. The van der Waals surface area contributed by atoms with Crippen LogP contribution in [0.5, 0.6) is 0 Å². The number of ether oxygens (including phenoxy) is 1. The third-order valence-corrected chi connectivity index (χ3v) is 2.95. The Labute approximate surface area is 118 Å². The van der Waals surface area contributed by atoms with Gasteiger partial charge in [-0.25, -0.2) is 13.2 Å². The summed E-state index contributed by atoms with van der Waals surface area (Å²) in [6, 6.07) is 6.26. The van der Waals surface area contributed by atoms with E-state index in [1.165, 1.54) is 6.07 Å². The number of nitrogens with one attached hydrogen (secondary N) is 2. The van der Waals surface area contributed by atoms with Crippen molar-refractivity contribution in [1.82, 2.24) is 0 Å². The normalized spacial score (nSPS) is 11.6. The van der Waals surface area contributed by atoms with Crippen molar-refractivity contribution in [3.63, 3.8) is 0 Å². The Kier molecular flexibility index (Phi) is 4.78. The van der Waals surface area contributed by atoms with E-state index in [0.29, 0.717) is 11.4 Å². The van der Waals surface area contributed by atoms with Gasteiger partial charge in [-0.15, -0.1) is 0 Å². The highest BCUT2D eigenvalue weighted by atomic mass is 32.2. The average molecular weight is 298 g/mol. The fourth-order valence-corrected chi connectivity index (χ4v) is 1.83. The third kappa shape index (κ3) is 5.75. The second kappa shape index (κ2) is 5.96. The van der Waals surface area contributed by atoms with Gasteiger partial charge in [0.05, 0.1) is 5.69 Å². The van der Waals surface area contributed by atoms with Crippen molar-refractivity contribution in [2.45, 2.75) is 26.4 Å². The van der Waals surface area contributed by atoms with E-state index in [0.717, 1.165) is 5.41 Å². The molecule has 6 nitrogen and oxygen atoms in total. The number of sulfonamides is 1. The molecule has 0 aliphatic carbocycles. The summed E-state index contributed by atoms with van der Waals surface area (Å²) >= 11 is 0. The van der Waals surface area contributed by atoms with E-state index in [9.17, 15) is 13.2 Å². The van der Waals surface area contributed by atoms with Gasteiger partial charge in [0, 0.05) is 11.1 Å². The number of carbonyl (C=O) groups excluding carboxylic acids is 1. The van der Waals surface area contributed by atoms with Gasteiger partial charge >= 0.3 is 6.09 Å². The molecule has 0 saturated carbocycles. The van der Waals surface area contributed by atoms with Gasteiger partial charge in [-0.2, -0.15) is 0 Å². The second-order valence-electron chi connectivity index (χ2n) is 5.02. The zero-order chi connectivity index (χ0) is 15.4. The lowest BCUT2D eigenvalue weighted by atomic mass is 10.2. The minimum absolute atomic E-state index is 0.318. The topological polar surface area (TPSA) is 84.5 Å². The van der Waals surface area contributed by atoms with E-state index in [2.05, 4.69) is 16.6 Å². The van der Waals surface area contributed by atoms with Crippen molar-refractivity contribution in [1.29, 1.82) is 0 Å². The Morgan fingerprint density at radius 1 is 1.30 bits per heavy atom. The first-order valence-corrected chi connectivity index (χ1v) is 7.41. The molecule has 2 N–H and O–H groups in total. The number of benzene rings is 1. The highest BCUT2D eigenvalue weighted by Gasteiger charge is 2.16. The third-order valence-electron chi connectivity index (χ3n) is 1.99. The lowest BCUT2D eigenvalue weighted by Gasteiger charge is -2.19. The molecular formula is C13H18N2O4S. The van der Waals surface area contributed by atoms with Crippen molar-refractivity contribution in [3.05, 3.63) is 36.3 Å². The fourth-order valence-electron chi connectivity index (χ4n) is 1.29. The van der Waals surface area contributed by atoms with E-state index in [-0.39, 0.29) is 0 Å². The minimum atomic E-state index is -3.58. The molecular weight excluding hydrogens is 280 g/mol. The van der Waals surface area contributed by atoms with Crippen molar-refractivity contribution in [3.8, 4) is 0 Å². The Morgan fingerprint density at radius 3 is 2.45 bits per heavy atom. The predicted octanol–water partition coefficient (Wildman–Crippen LogP) is 2.92. The van der Waals surface area contributed by atoms with Crippen molar-refractivity contribution < 1.29 is 17.9 Å². The fraction of sp³-hybridized carbons (Fsp3) is 0.308. The zero-order valence-corrected chi connectivity index (χ0v) is 12.5. The first-order valence-electron chi connectivity index (χ1n) is 5.87. The van der Waals surface area contributed by atoms with Gasteiger partial charge in [0.25, 0.3) is 10.0 Å². The van der Waals surface area contributed by atoms with Crippen LogP contribution in [0.25, 0.3) is 0 Å². The zero-order valence-electron chi connectivity index (χ0n) is 11.6. The number of hydrogen-bond acceptors (Lipinski definition) is 4. The second-order valence-corrected chi connectivity index (χ2v) is 6.65. The summed E-state index contributed by atoms with van der Waals surface area (Å²) in [5, 5.41) is 3.33. The largest absolute Gasteiger partial charge is 0.444 e. The summed E-state index contributed by atoms with van der Waals surface area (Å²) in [6.45, 7) is 8.45. The summed E-state index contributed by atoms with van der Waals surface area (Å²) in [7, 11) is -3.58. The summed E-state index contributed by atoms with van der Waals surface area (Å²) < 4.78 is 30.1. The quantitative estimate of drug-likeness (QED) is 0.895. The molecule has 110 valence electrons. The van der Waals surface area contributed by atoms with Crippen molar-refractivity contribution >= 4 is 27.5 Å². The van der Waals surface area contributed by atoms with Crippen molar-refractivity contribution in [2.24, 2.45) is 0 Å². The predicted molar refractivity (Wildman–Crippen MR) is 79.0 cm³/mol. The summed E-state index contributed by atoms with van der Waals surface area (Å²) in [4.78, 5) is 11.6. The maximum absolute atomic E-state index is 11.6. The van der Waals surface area contributed by atoms with E-state index in [1.807, 2.05) is 0 Å². The van der Waals surface area contributed by atoms with Crippen LogP contribution in [0.4, 0.5) is 16.2 Å². The van der Waals surface area contributed by atoms with Crippen LogP contribution in [-0.4, -0.2) is 20.1 Å². The maximum atomic E-state index is 11.6. The lowest BCUT2D eigenvalue weighted by Crippen LogP contribution is -2.27. The molecule has 0 fully saturated rings. The van der Waals surface area contributed by atoms with E-state index >= 15 is 0 Å². The molecule has 0 heterocycles. The molecule has 0 spiro atoms. The highest BCUT2D eigenvalue weighted by Crippen LogP contribution is 2.17. The Balaban J connectivity index is 2.79. The van der Waals surface area contributed by atoms with Crippen LogP contribution in [0, 0.1) is 0 Å². The van der Waals surface area contributed by atoms with Gasteiger partial charge in [0.2, 0.25) is 0 Å². The molecule has 7 heteroatoms. The number of carbonyl (C=O) groups is 1. The van der Waals surface area contributed by atoms with Gasteiger partial charge < -0.3 is 4.74 Å². The summed E-state index contributed by atoms with van der Waals surface area (Å²) in [5.41, 5.74) is 0.133. The minimum Gasteiger partial charge on any atom is -0.444 e. The molecule has 0 aromatic heterocycles. The molecule has 0 aliphatic rings. The SMILES string of the molecule is C=CS(=O)(=O)Nc1cccc(NC(=O)OC(C)(C)C)c1. The first-order chi connectivity index (χ1) is 9.11. The Bertz CT molecular complexity index is 603. The molecule has 20 heavy (non-hydrogen) atoms. The number of hydrogen-bond donors (Lipinski definition) is 2. The van der Waals surface area contributed by atoms with Crippen LogP contribution in [0.2, 0.25) is 0 Å². The van der Waals surface area contributed by atoms with Gasteiger partial charge in [-0.3, -0.25) is 10.0 Å². The van der Waals surface area contributed by atoms with Gasteiger partial charge in [0.15, 0.2) is 0 Å². The standard InChI is InChI=1S/C13H18N2O4S/c1-5-20(17,18)15-11-8-6-7-10(9-11)14-12(16)19-13(2,3)4/h5-9,15H,1H2,2-4H3,(H,14,16). The molecule has 0 bridgehead atoms. The molecule has 0 atom stereocenters. The lowest BCUT2D eigenvalue weighted by molar-refractivity contribution is 0.0636. The van der Waals surface area contributed by atoms with Crippen LogP contribution in [0.3, 0.4) is 0 Å². The summed E-state index contributed by atoms with van der Waals surface area (Å²) in [5.74, 6) is 0. The Hall–Kier alpha value is -2.02. The number of amides is 1. The maximum Gasteiger partial charge on any atom is 0.412 e. The smallest absolute Gasteiger partial charge is 0.412 e.